The lowest BCUT2D eigenvalue weighted by Crippen LogP contribution is -2.29. The van der Waals surface area contributed by atoms with Crippen molar-refractivity contribution in [1.29, 1.82) is 0 Å². The van der Waals surface area contributed by atoms with E-state index in [2.05, 4.69) is 0 Å². The summed E-state index contributed by atoms with van der Waals surface area (Å²) < 4.78 is 0. The molecule has 0 aromatic rings. The van der Waals surface area contributed by atoms with Gasteiger partial charge in [0.2, 0.25) is 0 Å². The lowest BCUT2D eigenvalue weighted by Gasteiger charge is -2.12. The zero-order valence-electron chi connectivity index (χ0n) is 7.52. The van der Waals surface area contributed by atoms with Crippen LogP contribution < -0.4 is 0 Å². The van der Waals surface area contributed by atoms with Gasteiger partial charge in [0.05, 0.1) is 18.8 Å². The molecule has 74 valence electrons. The van der Waals surface area contributed by atoms with E-state index in [1.165, 1.54) is 0 Å². The molecule has 1 heterocycles. The van der Waals surface area contributed by atoms with Gasteiger partial charge in [0, 0.05) is 19.0 Å². The van der Waals surface area contributed by atoms with Crippen molar-refractivity contribution in [1.82, 2.24) is 4.90 Å². The van der Waals surface area contributed by atoms with Crippen LogP contribution in [0.2, 0.25) is 0 Å². The monoisotopic (exact) mass is 185 g/mol. The van der Waals surface area contributed by atoms with E-state index >= 15 is 0 Å². The standard InChI is InChI=1S/C9H15NO3/c11-7(6-1-2-6)3-10-4-8(12)9(13)5-10/h6,8-9,12-13H,1-5H2. The number of rotatable bonds is 3. The smallest absolute Gasteiger partial charge is 0.149 e. The van der Waals surface area contributed by atoms with Crippen molar-refractivity contribution in [3.05, 3.63) is 0 Å². The van der Waals surface area contributed by atoms with Gasteiger partial charge in [-0.3, -0.25) is 9.69 Å². The third-order valence-corrected chi connectivity index (χ3v) is 2.75. The summed E-state index contributed by atoms with van der Waals surface area (Å²) in [4.78, 5) is 13.2. The fourth-order valence-electron chi connectivity index (χ4n) is 1.73. The van der Waals surface area contributed by atoms with E-state index < -0.39 is 12.2 Å². The average Bonchev–Trinajstić information content (AvgIpc) is 2.81. The van der Waals surface area contributed by atoms with Crippen LogP contribution in [0.5, 0.6) is 0 Å². The van der Waals surface area contributed by atoms with E-state index in [1.54, 1.807) is 0 Å². The van der Waals surface area contributed by atoms with Crippen molar-refractivity contribution in [2.24, 2.45) is 5.92 Å². The molecule has 0 aromatic carbocycles. The molecule has 2 unspecified atom stereocenters. The molecule has 1 saturated heterocycles. The molecule has 2 rings (SSSR count). The van der Waals surface area contributed by atoms with Gasteiger partial charge >= 0.3 is 0 Å². The van der Waals surface area contributed by atoms with Crippen LogP contribution >= 0.6 is 0 Å². The van der Waals surface area contributed by atoms with Gasteiger partial charge in [-0.05, 0) is 12.8 Å². The number of ketones is 1. The highest BCUT2D eigenvalue weighted by Crippen LogP contribution is 2.30. The normalized spacial score (nSPS) is 35.2. The maximum atomic E-state index is 11.4. The molecule has 4 nitrogen and oxygen atoms in total. The molecule has 1 saturated carbocycles. The lowest BCUT2D eigenvalue weighted by molar-refractivity contribution is -0.121. The van der Waals surface area contributed by atoms with Crippen LogP contribution in [-0.2, 0) is 4.79 Å². The Labute approximate surface area is 77.2 Å². The molecule has 2 fully saturated rings. The Morgan fingerprint density at radius 1 is 1.23 bits per heavy atom. The molecule has 2 aliphatic rings. The van der Waals surface area contributed by atoms with E-state index in [0.29, 0.717) is 19.6 Å². The van der Waals surface area contributed by atoms with Gasteiger partial charge in [-0.15, -0.1) is 0 Å². The van der Waals surface area contributed by atoms with Crippen LogP contribution in [0.4, 0.5) is 0 Å². The number of likely N-dealkylation sites (tertiary alicyclic amines) is 1. The van der Waals surface area contributed by atoms with E-state index in [4.69, 9.17) is 0 Å². The first-order valence-electron chi connectivity index (χ1n) is 4.78. The Bertz CT molecular complexity index is 205. The molecule has 0 bridgehead atoms. The largest absolute Gasteiger partial charge is 0.389 e. The third kappa shape index (κ3) is 2.07. The number of hydrogen-bond acceptors (Lipinski definition) is 4. The molecule has 2 N–H and O–H groups in total. The summed E-state index contributed by atoms with van der Waals surface area (Å²) in [7, 11) is 0. The first kappa shape index (κ1) is 9.12. The van der Waals surface area contributed by atoms with Gasteiger partial charge < -0.3 is 10.2 Å². The summed E-state index contributed by atoms with van der Waals surface area (Å²) in [5.41, 5.74) is 0. The first-order chi connectivity index (χ1) is 6.16. The van der Waals surface area contributed by atoms with Gasteiger partial charge in [-0.1, -0.05) is 0 Å². The van der Waals surface area contributed by atoms with Gasteiger partial charge in [0.25, 0.3) is 0 Å². The van der Waals surface area contributed by atoms with Gasteiger partial charge in [0.1, 0.15) is 5.78 Å². The number of aliphatic hydroxyl groups excluding tert-OH is 2. The lowest BCUT2D eigenvalue weighted by atomic mass is 10.2. The van der Waals surface area contributed by atoms with Crippen molar-refractivity contribution in [2.75, 3.05) is 19.6 Å². The number of Topliss-reactive ketones (excluding diaryl/α,β-unsaturated/α-hetero) is 1. The molecule has 4 heteroatoms. The quantitative estimate of drug-likeness (QED) is 0.592. The highest BCUT2D eigenvalue weighted by molar-refractivity contribution is 5.85. The van der Waals surface area contributed by atoms with Crippen LogP contribution in [0.15, 0.2) is 0 Å². The van der Waals surface area contributed by atoms with Crippen LogP contribution in [-0.4, -0.2) is 52.7 Å². The fraction of sp³-hybridized carbons (Fsp3) is 0.889. The second kappa shape index (κ2) is 3.36. The number of β-amino-alcohol motifs (C(OH)–C–C–N with tert-alkyl or cyclic N) is 2. The Morgan fingerprint density at radius 2 is 1.77 bits per heavy atom. The SMILES string of the molecule is O=C(CN1CC(O)C(O)C1)C1CC1. The fourth-order valence-corrected chi connectivity index (χ4v) is 1.73. The van der Waals surface area contributed by atoms with Crippen LogP contribution in [0, 0.1) is 5.92 Å². The molecular weight excluding hydrogens is 170 g/mol. The topological polar surface area (TPSA) is 60.8 Å². The highest BCUT2D eigenvalue weighted by Gasteiger charge is 2.34. The summed E-state index contributed by atoms with van der Waals surface area (Å²) in [5.74, 6) is 0.538. The summed E-state index contributed by atoms with van der Waals surface area (Å²) >= 11 is 0. The summed E-state index contributed by atoms with van der Waals surface area (Å²) in [6.45, 7) is 1.26. The minimum atomic E-state index is -0.674. The zero-order chi connectivity index (χ0) is 9.42. The minimum Gasteiger partial charge on any atom is -0.389 e. The van der Waals surface area contributed by atoms with Crippen LogP contribution in [0.1, 0.15) is 12.8 Å². The predicted molar refractivity (Wildman–Crippen MR) is 46.2 cm³/mol. The third-order valence-electron chi connectivity index (χ3n) is 2.75. The molecule has 1 aliphatic heterocycles. The Balaban J connectivity index is 1.79. The minimum absolute atomic E-state index is 0.265. The molecule has 0 spiro atoms. The molecule has 0 aromatic heterocycles. The Hall–Kier alpha value is -0.450. The Kier molecular flexibility index (Phi) is 2.36. The van der Waals surface area contributed by atoms with E-state index in [1.807, 2.05) is 4.90 Å². The molecular formula is C9H15NO3. The first-order valence-corrected chi connectivity index (χ1v) is 4.78. The molecule has 2 atom stereocenters. The molecule has 13 heavy (non-hydrogen) atoms. The number of nitrogens with zero attached hydrogens (tertiary/aromatic N) is 1. The highest BCUT2D eigenvalue weighted by atomic mass is 16.3. The number of hydrogen-bond donors (Lipinski definition) is 2. The number of carbonyl (C=O) groups is 1. The van der Waals surface area contributed by atoms with E-state index in [9.17, 15) is 15.0 Å². The Morgan fingerprint density at radius 3 is 2.23 bits per heavy atom. The second-order valence-corrected chi connectivity index (χ2v) is 4.07. The van der Waals surface area contributed by atoms with Crippen LogP contribution in [0.3, 0.4) is 0 Å². The van der Waals surface area contributed by atoms with E-state index in [0.717, 1.165) is 12.8 Å². The zero-order valence-corrected chi connectivity index (χ0v) is 7.52. The molecule has 0 radical (unpaired) electrons. The van der Waals surface area contributed by atoms with Crippen molar-refractivity contribution in [3.63, 3.8) is 0 Å². The summed E-state index contributed by atoms with van der Waals surface area (Å²) in [5, 5.41) is 18.5. The maximum absolute atomic E-state index is 11.4. The van der Waals surface area contributed by atoms with Crippen molar-refractivity contribution in [3.8, 4) is 0 Å². The second-order valence-electron chi connectivity index (χ2n) is 4.07. The maximum Gasteiger partial charge on any atom is 0.149 e. The number of aliphatic hydroxyl groups is 2. The summed E-state index contributed by atoms with van der Waals surface area (Å²) in [6.07, 6.45) is 0.703. The van der Waals surface area contributed by atoms with Gasteiger partial charge in [-0.2, -0.15) is 0 Å². The van der Waals surface area contributed by atoms with Gasteiger partial charge in [-0.25, -0.2) is 0 Å². The average molecular weight is 185 g/mol. The number of carbonyl (C=O) groups excluding carboxylic acids is 1. The van der Waals surface area contributed by atoms with Crippen molar-refractivity contribution in [2.45, 2.75) is 25.0 Å². The van der Waals surface area contributed by atoms with Crippen molar-refractivity contribution < 1.29 is 15.0 Å². The van der Waals surface area contributed by atoms with E-state index in [-0.39, 0.29) is 11.7 Å². The summed E-state index contributed by atoms with van der Waals surface area (Å²) in [6, 6.07) is 0. The predicted octanol–water partition coefficient (Wildman–Crippen LogP) is -0.997. The van der Waals surface area contributed by atoms with Gasteiger partial charge in [0.15, 0.2) is 0 Å². The van der Waals surface area contributed by atoms with Crippen molar-refractivity contribution >= 4 is 5.78 Å². The van der Waals surface area contributed by atoms with Crippen LogP contribution in [0.25, 0.3) is 0 Å². The molecule has 0 amide bonds. The molecule has 1 aliphatic carbocycles.